The Bertz CT molecular complexity index is 2680. The van der Waals surface area contributed by atoms with Crippen LogP contribution in [0.1, 0.15) is 11.1 Å². The van der Waals surface area contributed by atoms with Crippen LogP contribution in [0.2, 0.25) is 0 Å². The van der Waals surface area contributed by atoms with E-state index >= 15 is 0 Å². The highest BCUT2D eigenvalue weighted by Crippen LogP contribution is 2.45. The summed E-state index contributed by atoms with van der Waals surface area (Å²) < 4.78 is 9.21. The summed E-state index contributed by atoms with van der Waals surface area (Å²) in [5.74, 6) is 0.419. The van der Waals surface area contributed by atoms with Gasteiger partial charge in [-0.1, -0.05) is 115 Å². The van der Waals surface area contributed by atoms with Crippen molar-refractivity contribution in [2.75, 3.05) is 0 Å². The molecule has 2 heteroatoms. The molecule has 10 rings (SSSR count). The molecule has 2 atom stereocenters. The molecule has 0 saturated carbocycles. The van der Waals surface area contributed by atoms with Crippen LogP contribution < -0.4 is 10.4 Å². The highest BCUT2D eigenvalue weighted by Gasteiger charge is 2.33. The smallest absolute Gasteiger partial charge is 0.136 e. The number of allylic oxidation sites excluding steroid dienone is 4. The van der Waals surface area contributed by atoms with Crippen molar-refractivity contribution in [3.63, 3.8) is 0 Å². The largest absolute Gasteiger partial charge is 0.456 e. The highest BCUT2D eigenvalue weighted by atomic mass is 32.1. The van der Waals surface area contributed by atoms with Crippen LogP contribution in [0, 0.1) is 11.8 Å². The molecule has 1 nitrogen and oxygen atoms in total. The summed E-state index contributed by atoms with van der Waals surface area (Å²) in [6, 6.07) is 44.5. The molecule has 0 bridgehead atoms. The first-order chi connectivity index (χ1) is 21.8. The lowest BCUT2D eigenvalue weighted by atomic mass is 9.69. The van der Waals surface area contributed by atoms with Crippen molar-refractivity contribution in [2.24, 2.45) is 11.8 Å². The van der Waals surface area contributed by atoms with Gasteiger partial charge in [0.05, 0.1) is 0 Å². The Labute approximate surface area is 258 Å². The Kier molecular flexibility index (Phi) is 5.05. The molecule has 8 aromatic rings. The molecule has 2 aliphatic carbocycles. The van der Waals surface area contributed by atoms with Crippen LogP contribution >= 0.6 is 11.3 Å². The number of thiophene rings is 1. The minimum atomic E-state index is 0.199. The second-order valence-electron chi connectivity index (χ2n) is 11.9. The van der Waals surface area contributed by atoms with E-state index in [0.717, 1.165) is 11.2 Å². The molecule has 2 aromatic heterocycles. The topological polar surface area (TPSA) is 13.1 Å². The molecule has 2 heterocycles. The number of fused-ring (bicyclic) bond motifs is 10. The predicted molar refractivity (Wildman–Crippen MR) is 187 cm³/mol. The van der Waals surface area contributed by atoms with E-state index in [4.69, 9.17) is 4.42 Å². The van der Waals surface area contributed by atoms with Crippen molar-refractivity contribution in [3.05, 3.63) is 167 Å². The van der Waals surface area contributed by atoms with Crippen molar-refractivity contribution < 1.29 is 4.42 Å². The monoisotopic (exact) mass is 578 g/mol. The minimum absolute atomic E-state index is 0.199. The molecule has 0 saturated heterocycles. The van der Waals surface area contributed by atoms with Crippen molar-refractivity contribution >= 4 is 75.4 Å². The van der Waals surface area contributed by atoms with Crippen molar-refractivity contribution in [1.82, 2.24) is 0 Å². The van der Waals surface area contributed by atoms with Gasteiger partial charge in [0.2, 0.25) is 0 Å². The van der Waals surface area contributed by atoms with Gasteiger partial charge in [-0.15, -0.1) is 11.3 Å². The van der Waals surface area contributed by atoms with E-state index in [1.807, 2.05) is 11.3 Å². The van der Waals surface area contributed by atoms with Gasteiger partial charge in [-0.3, -0.25) is 0 Å². The lowest BCUT2D eigenvalue weighted by molar-refractivity contribution is 0.668. The van der Waals surface area contributed by atoms with E-state index in [1.54, 1.807) is 0 Å². The van der Waals surface area contributed by atoms with Gasteiger partial charge in [0.25, 0.3) is 0 Å². The Balaban J connectivity index is 1.35. The molecular weight excluding hydrogens is 553 g/mol. The summed E-state index contributed by atoms with van der Waals surface area (Å²) in [6.07, 6.45) is 9.28. The number of furan rings is 1. The molecule has 0 radical (unpaired) electrons. The average Bonchev–Trinajstić information content (AvgIpc) is 3.65. The summed E-state index contributed by atoms with van der Waals surface area (Å²) in [5, 5.41) is 10.2. The van der Waals surface area contributed by atoms with Gasteiger partial charge >= 0.3 is 0 Å². The van der Waals surface area contributed by atoms with Gasteiger partial charge in [0.15, 0.2) is 0 Å². The van der Waals surface area contributed by atoms with Gasteiger partial charge in [-0.25, -0.2) is 0 Å². The third-order valence-electron chi connectivity index (χ3n) is 9.67. The fourth-order valence-electron chi connectivity index (χ4n) is 7.85. The molecule has 0 aliphatic heterocycles. The fourth-order valence-corrected chi connectivity index (χ4v) is 8.93. The Morgan fingerprint density at radius 2 is 1.20 bits per heavy atom. The van der Waals surface area contributed by atoms with Gasteiger partial charge in [-0.2, -0.15) is 0 Å². The van der Waals surface area contributed by atoms with E-state index < -0.39 is 0 Å². The molecule has 0 N–H and O–H groups in total. The maximum atomic E-state index is 6.53. The lowest BCUT2D eigenvalue weighted by Crippen LogP contribution is -2.40. The van der Waals surface area contributed by atoms with Gasteiger partial charge < -0.3 is 4.42 Å². The standard InChI is InChI=1S/C42H26OS/c1-2-11-27-25(10-1)20-22-36-41(27)42-33(17-9-18-35(42)43-36)40-31-15-5-3-13-29(31)39(30-14-4-6-16-32(30)40)26-21-23-38-34(24-26)28-12-7-8-19-37(28)44-38/h1-24,29,31H. The Morgan fingerprint density at radius 3 is 2.09 bits per heavy atom. The molecule has 2 aliphatic rings. The number of hydrogen-bond donors (Lipinski definition) is 0. The maximum absolute atomic E-state index is 6.53. The van der Waals surface area contributed by atoms with Gasteiger partial charge in [0.1, 0.15) is 11.2 Å². The first-order valence-electron chi connectivity index (χ1n) is 15.3. The van der Waals surface area contributed by atoms with Gasteiger partial charge in [-0.05, 0) is 73.8 Å². The van der Waals surface area contributed by atoms with E-state index in [9.17, 15) is 0 Å². The number of hydrogen-bond acceptors (Lipinski definition) is 2. The molecule has 6 aromatic carbocycles. The maximum Gasteiger partial charge on any atom is 0.136 e. The van der Waals surface area contributed by atoms with E-state index in [2.05, 4.69) is 146 Å². The van der Waals surface area contributed by atoms with Gasteiger partial charge in [0, 0.05) is 42.8 Å². The summed E-state index contributed by atoms with van der Waals surface area (Å²) in [7, 11) is 0. The summed E-state index contributed by atoms with van der Waals surface area (Å²) in [5.41, 5.74) is 7.23. The van der Waals surface area contributed by atoms with Crippen molar-refractivity contribution in [2.45, 2.75) is 0 Å². The predicted octanol–water partition coefficient (Wildman–Crippen LogP) is 9.88. The molecule has 2 unspecified atom stereocenters. The quantitative estimate of drug-likeness (QED) is 0.199. The van der Waals surface area contributed by atoms with E-state index in [1.165, 1.54) is 74.4 Å². The molecule has 0 spiro atoms. The van der Waals surface area contributed by atoms with Crippen LogP contribution in [-0.4, -0.2) is 0 Å². The van der Waals surface area contributed by atoms with Crippen molar-refractivity contribution in [1.29, 1.82) is 0 Å². The minimum Gasteiger partial charge on any atom is -0.456 e. The Hall–Kier alpha value is -5.18. The van der Waals surface area contributed by atoms with Crippen LogP contribution in [0.25, 0.3) is 64.0 Å². The zero-order valence-electron chi connectivity index (χ0n) is 23.8. The summed E-state index contributed by atoms with van der Waals surface area (Å²) >= 11 is 1.88. The van der Waals surface area contributed by atoms with Crippen LogP contribution in [0.15, 0.2) is 150 Å². The average molecular weight is 579 g/mol. The van der Waals surface area contributed by atoms with Crippen molar-refractivity contribution in [3.8, 4) is 0 Å². The number of benzene rings is 6. The molecular formula is C42H26OS. The summed E-state index contributed by atoms with van der Waals surface area (Å²) in [6.45, 7) is 0. The highest BCUT2D eigenvalue weighted by molar-refractivity contribution is 7.25. The molecule has 44 heavy (non-hydrogen) atoms. The molecule has 0 fully saturated rings. The van der Waals surface area contributed by atoms with Crippen LogP contribution in [0.3, 0.4) is 0 Å². The molecule has 206 valence electrons. The first kappa shape index (κ1) is 24.3. The fraction of sp³-hybridized carbons (Fsp3) is 0.0476. The van der Waals surface area contributed by atoms with Crippen LogP contribution in [-0.2, 0) is 0 Å². The SMILES string of the molecule is C1=CC2C(c3ccc4sc5ccccc5c4c3)=c3ccccc3=C(c3cccc4oc5ccc6ccccc6c5c34)C2C=C1. The first-order valence-corrected chi connectivity index (χ1v) is 16.1. The third-order valence-corrected chi connectivity index (χ3v) is 10.8. The summed E-state index contributed by atoms with van der Waals surface area (Å²) in [4.78, 5) is 0. The molecule has 0 amide bonds. The normalized spacial score (nSPS) is 17.7. The van der Waals surface area contributed by atoms with Crippen LogP contribution in [0.5, 0.6) is 0 Å². The third kappa shape index (κ3) is 3.35. The lowest BCUT2D eigenvalue weighted by Gasteiger charge is -2.33. The second-order valence-corrected chi connectivity index (χ2v) is 13.0. The zero-order valence-corrected chi connectivity index (χ0v) is 24.6. The zero-order chi connectivity index (χ0) is 28.8. The number of rotatable bonds is 2. The Morgan fingerprint density at radius 1 is 0.500 bits per heavy atom. The van der Waals surface area contributed by atoms with E-state index in [0.29, 0.717) is 0 Å². The van der Waals surface area contributed by atoms with Crippen LogP contribution in [0.4, 0.5) is 0 Å². The van der Waals surface area contributed by atoms with E-state index in [-0.39, 0.29) is 11.8 Å². The second kappa shape index (κ2) is 9.16.